The van der Waals surface area contributed by atoms with Crippen LogP contribution in [0.5, 0.6) is 0 Å². The summed E-state index contributed by atoms with van der Waals surface area (Å²) in [4.78, 5) is 13.1. The zero-order valence-corrected chi connectivity index (χ0v) is 14.1. The van der Waals surface area contributed by atoms with Gasteiger partial charge in [0, 0.05) is 4.88 Å². The van der Waals surface area contributed by atoms with Crippen LogP contribution < -0.4 is 5.32 Å². The molecule has 0 saturated carbocycles. The van der Waals surface area contributed by atoms with E-state index in [1.807, 2.05) is 23.6 Å². The SMILES string of the molecule is N#Cc1ccsc1NC(=O)CSc1nnnn1Cc1cccs1. The quantitative estimate of drug-likeness (QED) is 0.677. The lowest BCUT2D eigenvalue weighted by Gasteiger charge is -2.04. The number of nitrogens with one attached hydrogen (secondary N) is 1. The van der Waals surface area contributed by atoms with Gasteiger partial charge in [0.2, 0.25) is 11.1 Å². The van der Waals surface area contributed by atoms with Gasteiger partial charge in [-0.25, -0.2) is 4.68 Å². The van der Waals surface area contributed by atoms with Crippen molar-refractivity contribution in [1.82, 2.24) is 20.2 Å². The topological polar surface area (TPSA) is 96.5 Å². The fraction of sp³-hybridized carbons (Fsp3) is 0.154. The van der Waals surface area contributed by atoms with Crippen molar-refractivity contribution in [1.29, 1.82) is 5.26 Å². The molecule has 116 valence electrons. The fourth-order valence-corrected chi connectivity index (χ4v) is 3.85. The summed E-state index contributed by atoms with van der Waals surface area (Å²) in [5, 5.41) is 28.1. The molecule has 0 fully saturated rings. The normalized spacial score (nSPS) is 10.4. The maximum absolute atomic E-state index is 12.0. The molecule has 3 heterocycles. The Morgan fingerprint density at radius 1 is 1.39 bits per heavy atom. The minimum atomic E-state index is -0.195. The summed E-state index contributed by atoms with van der Waals surface area (Å²) < 4.78 is 1.66. The molecular weight excluding hydrogens is 352 g/mol. The van der Waals surface area contributed by atoms with E-state index in [1.54, 1.807) is 27.5 Å². The molecule has 0 aliphatic rings. The molecule has 0 atom stereocenters. The van der Waals surface area contributed by atoms with E-state index in [0.717, 1.165) is 4.88 Å². The van der Waals surface area contributed by atoms with Crippen molar-refractivity contribution >= 4 is 45.3 Å². The Bertz CT molecular complexity index is 832. The van der Waals surface area contributed by atoms with Gasteiger partial charge in [-0.15, -0.1) is 27.8 Å². The number of carbonyl (C=O) groups is 1. The van der Waals surface area contributed by atoms with E-state index in [2.05, 4.69) is 20.8 Å². The van der Waals surface area contributed by atoms with E-state index in [4.69, 9.17) is 5.26 Å². The van der Waals surface area contributed by atoms with Gasteiger partial charge in [-0.05, 0) is 33.3 Å². The van der Waals surface area contributed by atoms with E-state index in [-0.39, 0.29) is 11.7 Å². The van der Waals surface area contributed by atoms with Gasteiger partial charge >= 0.3 is 0 Å². The molecule has 0 spiro atoms. The molecule has 0 bridgehead atoms. The number of anilines is 1. The van der Waals surface area contributed by atoms with E-state index < -0.39 is 0 Å². The van der Waals surface area contributed by atoms with E-state index in [0.29, 0.717) is 22.3 Å². The molecule has 3 aromatic rings. The first kappa shape index (κ1) is 15.7. The van der Waals surface area contributed by atoms with Crippen LogP contribution in [0.15, 0.2) is 34.1 Å². The minimum Gasteiger partial charge on any atom is -0.316 e. The monoisotopic (exact) mass is 362 g/mol. The Morgan fingerprint density at radius 2 is 2.30 bits per heavy atom. The number of nitriles is 1. The molecule has 7 nitrogen and oxygen atoms in total. The van der Waals surface area contributed by atoms with Crippen molar-refractivity contribution in [3.05, 3.63) is 39.4 Å². The van der Waals surface area contributed by atoms with Crippen molar-refractivity contribution in [3.63, 3.8) is 0 Å². The highest BCUT2D eigenvalue weighted by Crippen LogP contribution is 2.23. The molecule has 10 heteroatoms. The molecule has 0 aromatic carbocycles. The summed E-state index contributed by atoms with van der Waals surface area (Å²) in [6.07, 6.45) is 0. The number of thioether (sulfide) groups is 1. The van der Waals surface area contributed by atoms with Gasteiger partial charge in [0.25, 0.3) is 0 Å². The van der Waals surface area contributed by atoms with Crippen LogP contribution in [0.1, 0.15) is 10.4 Å². The van der Waals surface area contributed by atoms with Gasteiger partial charge in [-0.1, -0.05) is 17.8 Å². The van der Waals surface area contributed by atoms with Gasteiger partial charge in [0.15, 0.2) is 0 Å². The minimum absolute atomic E-state index is 0.174. The molecule has 0 aliphatic carbocycles. The lowest BCUT2D eigenvalue weighted by molar-refractivity contribution is -0.113. The Morgan fingerprint density at radius 3 is 3.09 bits per heavy atom. The van der Waals surface area contributed by atoms with Gasteiger partial charge in [0.05, 0.1) is 17.9 Å². The van der Waals surface area contributed by atoms with Crippen LogP contribution in [0.4, 0.5) is 5.00 Å². The zero-order valence-electron chi connectivity index (χ0n) is 11.7. The maximum atomic E-state index is 12.0. The Labute approximate surface area is 143 Å². The first-order valence-corrected chi connectivity index (χ1v) is 9.19. The summed E-state index contributed by atoms with van der Waals surface area (Å²) in [6.45, 7) is 0.581. The highest BCUT2D eigenvalue weighted by atomic mass is 32.2. The molecule has 3 aromatic heterocycles. The van der Waals surface area contributed by atoms with Gasteiger partial charge in [-0.3, -0.25) is 4.79 Å². The first-order chi connectivity index (χ1) is 11.3. The van der Waals surface area contributed by atoms with E-state index in [9.17, 15) is 4.79 Å². The molecular formula is C13H10N6OS3. The molecule has 0 unspecified atom stereocenters. The maximum Gasteiger partial charge on any atom is 0.235 e. The number of hydrogen-bond acceptors (Lipinski definition) is 8. The number of carbonyl (C=O) groups excluding carboxylic acids is 1. The molecule has 1 amide bonds. The lowest BCUT2D eigenvalue weighted by atomic mass is 10.3. The van der Waals surface area contributed by atoms with E-state index >= 15 is 0 Å². The zero-order chi connectivity index (χ0) is 16.1. The molecule has 0 aliphatic heterocycles. The number of hydrogen-bond donors (Lipinski definition) is 1. The van der Waals surface area contributed by atoms with Crippen LogP contribution in [0, 0.1) is 11.3 Å². The number of amides is 1. The largest absolute Gasteiger partial charge is 0.316 e. The summed E-state index contributed by atoms with van der Waals surface area (Å²) in [5.74, 6) is -0.0206. The Hall–Kier alpha value is -2.22. The second-order valence-corrected chi connectivity index (χ2v) is 7.20. The van der Waals surface area contributed by atoms with Crippen LogP contribution in [0.25, 0.3) is 0 Å². The average molecular weight is 362 g/mol. The summed E-state index contributed by atoms with van der Waals surface area (Å²) in [6, 6.07) is 7.69. The van der Waals surface area contributed by atoms with Crippen LogP contribution in [-0.2, 0) is 11.3 Å². The van der Waals surface area contributed by atoms with Crippen LogP contribution in [0.3, 0.4) is 0 Å². The van der Waals surface area contributed by atoms with Crippen molar-refractivity contribution in [2.75, 3.05) is 11.1 Å². The second kappa shape index (κ2) is 7.36. The predicted octanol–water partition coefficient (Wildman–Crippen LogP) is 2.45. The standard InChI is InChI=1S/C13H10N6OS3/c14-6-9-3-5-22-12(9)15-11(20)8-23-13-16-17-18-19(13)7-10-2-1-4-21-10/h1-5H,7-8H2,(H,15,20). The first-order valence-electron chi connectivity index (χ1n) is 6.45. The fourth-order valence-electron chi connectivity index (χ4n) is 1.74. The number of nitrogens with zero attached hydrogens (tertiary/aromatic N) is 5. The summed E-state index contributed by atoms with van der Waals surface area (Å²) >= 11 is 4.21. The van der Waals surface area contributed by atoms with Crippen LogP contribution in [-0.4, -0.2) is 31.9 Å². The van der Waals surface area contributed by atoms with E-state index in [1.165, 1.54) is 23.1 Å². The smallest absolute Gasteiger partial charge is 0.235 e. The molecule has 0 saturated heterocycles. The highest BCUT2D eigenvalue weighted by Gasteiger charge is 2.12. The predicted molar refractivity (Wildman–Crippen MR) is 89.6 cm³/mol. The average Bonchev–Trinajstić information content (AvgIpc) is 3.28. The van der Waals surface area contributed by atoms with Gasteiger partial charge in [0.1, 0.15) is 11.1 Å². The number of aromatic nitrogens is 4. The highest BCUT2D eigenvalue weighted by molar-refractivity contribution is 7.99. The van der Waals surface area contributed by atoms with Crippen LogP contribution in [0.2, 0.25) is 0 Å². The molecule has 1 N–H and O–H groups in total. The van der Waals surface area contributed by atoms with Crippen molar-refractivity contribution in [2.45, 2.75) is 11.7 Å². The van der Waals surface area contributed by atoms with Gasteiger partial charge < -0.3 is 5.32 Å². The number of tetrazole rings is 1. The molecule has 23 heavy (non-hydrogen) atoms. The summed E-state index contributed by atoms with van der Waals surface area (Å²) in [5.41, 5.74) is 0.468. The van der Waals surface area contributed by atoms with Gasteiger partial charge in [-0.2, -0.15) is 5.26 Å². The Balaban J connectivity index is 1.57. The third kappa shape index (κ3) is 3.95. The number of thiophene rings is 2. The van der Waals surface area contributed by atoms with Crippen molar-refractivity contribution < 1.29 is 4.79 Å². The van der Waals surface area contributed by atoms with Crippen molar-refractivity contribution in [2.24, 2.45) is 0 Å². The summed E-state index contributed by atoms with van der Waals surface area (Å²) in [7, 11) is 0. The Kier molecular flexibility index (Phi) is 5.02. The van der Waals surface area contributed by atoms with Crippen LogP contribution >= 0.6 is 34.4 Å². The second-order valence-electron chi connectivity index (χ2n) is 4.31. The molecule has 3 rings (SSSR count). The molecule has 0 radical (unpaired) electrons. The third-order valence-electron chi connectivity index (χ3n) is 2.76. The third-order valence-corrected chi connectivity index (χ3v) is 5.40. The van der Waals surface area contributed by atoms with Crippen molar-refractivity contribution in [3.8, 4) is 6.07 Å². The lowest BCUT2D eigenvalue weighted by Crippen LogP contribution is -2.14. The number of rotatable bonds is 6.